The lowest BCUT2D eigenvalue weighted by atomic mass is 10.1. The smallest absolute Gasteiger partial charge is 0.412 e. The maximum atomic E-state index is 15.0. The van der Waals surface area contributed by atoms with E-state index in [2.05, 4.69) is 20.9 Å². The SMILES string of the molecule is CCOC(OC(=O)N1CCCC1c1[nH]c2cc(Br)ccc2c(=O)c1F)c1ccccc1. The number of amides is 1. The number of rotatable bonds is 5. The average molecular weight is 489 g/mol. The van der Waals surface area contributed by atoms with E-state index in [9.17, 15) is 9.59 Å². The summed E-state index contributed by atoms with van der Waals surface area (Å²) in [4.78, 5) is 30.1. The summed E-state index contributed by atoms with van der Waals surface area (Å²) in [6.07, 6.45) is -0.287. The highest BCUT2D eigenvalue weighted by molar-refractivity contribution is 9.10. The fraction of sp³-hybridized carbons (Fsp3) is 0.304. The molecular formula is C23H22BrFN2O4. The van der Waals surface area contributed by atoms with E-state index in [0.717, 1.165) is 4.47 Å². The third-order valence-corrected chi connectivity index (χ3v) is 5.84. The summed E-state index contributed by atoms with van der Waals surface area (Å²) in [7, 11) is 0. The van der Waals surface area contributed by atoms with Crippen LogP contribution in [-0.2, 0) is 9.47 Å². The number of halogens is 2. The Bertz CT molecular complexity index is 1150. The van der Waals surface area contributed by atoms with Gasteiger partial charge in [0.05, 0.1) is 17.3 Å². The van der Waals surface area contributed by atoms with Gasteiger partial charge in [0.15, 0.2) is 5.82 Å². The first kappa shape index (κ1) is 21.5. The first-order valence-corrected chi connectivity index (χ1v) is 10.9. The highest BCUT2D eigenvalue weighted by atomic mass is 79.9. The highest BCUT2D eigenvalue weighted by Gasteiger charge is 2.35. The monoisotopic (exact) mass is 488 g/mol. The van der Waals surface area contributed by atoms with Gasteiger partial charge in [0.1, 0.15) is 0 Å². The van der Waals surface area contributed by atoms with E-state index in [-0.39, 0.29) is 11.1 Å². The largest absolute Gasteiger partial charge is 0.415 e. The second-order valence-electron chi connectivity index (χ2n) is 7.30. The zero-order valence-electron chi connectivity index (χ0n) is 16.9. The van der Waals surface area contributed by atoms with Crippen molar-refractivity contribution in [1.29, 1.82) is 0 Å². The number of carbonyl (C=O) groups excluding carboxylic acids is 1. The van der Waals surface area contributed by atoms with Crippen molar-refractivity contribution in [3.8, 4) is 0 Å². The number of hydrogen-bond donors (Lipinski definition) is 1. The molecule has 3 aromatic rings. The van der Waals surface area contributed by atoms with Crippen molar-refractivity contribution in [3.05, 3.63) is 80.3 Å². The van der Waals surface area contributed by atoms with Crippen molar-refractivity contribution in [2.75, 3.05) is 13.2 Å². The van der Waals surface area contributed by atoms with Crippen LogP contribution in [0.1, 0.15) is 43.4 Å². The molecule has 0 saturated carbocycles. The van der Waals surface area contributed by atoms with Crippen LogP contribution in [-0.4, -0.2) is 29.1 Å². The van der Waals surface area contributed by atoms with Gasteiger partial charge < -0.3 is 14.5 Å². The minimum absolute atomic E-state index is 0.0951. The Morgan fingerprint density at radius 2 is 2.06 bits per heavy atom. The van der Waals surface area contributed by atoms with Gasteiger partial charge in [0.25, 0.3) is 0 Å². The van der Waals surface area contributed by atoms with Crippen LogP contribution in [0.2, 0.25) is 0 Å². The molecule has 0 bridgehead atoms. The molecule has 2 aromatic carbocycles. The van der Waals surface area contributed by atoms with E-state index in [1.54, 1.807) is 18.2 Å². The molecule has 0 aliphatic carbocycles. The molecule has 1 aliphatic heterocycles. The Morgan fingerprint density at radius 3 is 2.81 bits per heavy atom. The summed E-state index contributed by atoms with van der Waals surface area (Å²) < 4.78 is 27.0. The Labute approximate surface area is 187 Å². The molecular weight excluding hydrogens is 467 g/mol. The van der Waals surface area contributed by atoms with Crippen molar-refractivity contribution in [2.24, 2.45) is 0 Å². The van der Waals surface area contributed by atoms with Crippen LogP contribution in [0.15, 0.2) is 57.8 Å². The van der Waals surface area contributed by atoms with Crippen molar-refractivity contribution >= 4 is 32.9 Å². The molecule has 31 heavy (non-hydrogen) atoms. The highest BCUT2D eigenvalue weighted by Crippen LogP contribution is 2.34. The van der Waals surface area contributed by atoms with Crippen LogP contribution in [0.25, 0.3) is 10.9 Å². The number of carbonyl (C=O) groups is 1. The predicted molar refractivity (Wildman–Crippen MR) is 118 cm³/mol. The number of likely N-dealkylation sites (tertiary alicyclic amines) is 1. The maximum absolute atomic E-state index is 15.0. The zero-order valence-corrected chi connectivity index (χ0v) is 18.5. The zero-order chi connectivity index (χ0) is 22.0. The first-order valence-electron chi connectivity index (χ1n) is 10.1. The van der Waals surface area contributed by atoms with E-state index >= 15 is 4.39 Å². The number of H-pyrrole nitrogens is 1. The van der Waals surface area contributed by atoms with E-state index in [0.29, 0.717) is 37.1 Å². The summed E-state index contributed by atoms with van der Waals surface area (Å²) in [5, 5.41) is 0.261. The first-order chi connectivity index (χ1) is 15.0. The van der Waals surface area contributed by atoms with Gasteiger partial charge in [-0.05, 0) is 38.0 Å². The topological polar surface area (TPSA) is 71.6 Å². The van der Waals surface area contributed by atoms with E-state index < -0.39 is 29.7 Å². The van der Waals surface area contributed by atoms with E-state index in [4.69, 9.17) is 9.47 Å². The molecule has 2 atom stereocenters. The van der Waals surface area contributed by atoms with Crippen molar-refractivity contribution < 1.29 is 18.7 Å². The van der Waals surface area contributed by atoms with Crippen LogP contribution in [0.4, 0.5) is 9.18 Å². The molecule has 2 heterocycles. The number of pyridine rings is 1. The molecule has 1 aromatic heterocycles. The summed E-state index contributed by atoms with van der Waals surface area (Å²) in [5.74, 6) is -0.871. The van der Waals surface area contributed by atoms with E-state index in [1.807, 2.05) is 37.3 Å². The van der Waals surface area contributed by atoms with Gasteiger partial charge in [-0.15, -0.1) is 0 Å². The lowest BCUT2D eigenvalue weighted by Crippen LogP contribution is -2.34. The molecule has 8 heteroatoms. The molecule has 1 fully saturated rings. The number of nitrogens with zero attached hydrogens (tertiary/aromatic N) is 1. The van der Waals surface area contributed by atoms with Crippen LogP contribution < -0.4 is 5.43 Å². The van der Waals surface area contributed by atoms with Crippen molar-refractivity contribution in [1.82, 2.24) is 9.88 Å². The Kier molecular flexibility index (Phi) is 6.38. The van der Waals surface area contributed by atoms with Gasteiger partial charge in [-0.25, -0.2) is 9.18 Å². The van der Waals surface area contributed by atoms with Gasteiger partial charge in [-0.3, -0.25) is 9.69 Å². The number of ether oxygens (including phenoxy) is 2. The standard InChI is InChI=1S/C23H22BrFN2O4/c1-2-30-22(14-7-4-3-5-8-14)31-23(29)27-12-6-9-18(27)20-19(25)21(28)16-11-10-15(24)13-17(16)26-20/h3-5,7-8,10-11,13,18,22H,2,6,9,12H2,1H3,(H,26,28). The Hall–Kier alpha value is -2.71. The number of aromatic amines is 1. The molecule has 0 spiro atoms. The Morgan fingerprint density at radius 1 is 1.29 bits per heavy atom. The predicted octanol–water partition coefficient (Wildman–Crippen LogP) is 5.44. The molecule has 4 rings (SSSR count). The van der Waals surface area contributed by atoms with Gasteiger partial charge in [0.2, 0.25) is 11.7 Å². The lowest BCUT2D eigenvalue weighted by molar-refractivity contribution is -0.112. The molecule has 1 saturated heterocycles. The number of nitrogens with one attached hydrogen (secondary N) is 1. The summed E-state index contributed by atoms with van der Waals surface area (Å²) in [6, 6.07) is 13.5. The number of aromatic nitrogens is 1. The van der Waals surface area contributed by atoms with Crippen molar-refractivity contribution in [3.63, 3.8) is 0 Å². The molecule has 2 unspecified atom stereocenters. The molecule has 162 valence electrons. The van der Waals surface area contributed by atoms with Gasteiger partial charge >= 0.3 is 6.09 Å². The molecule has 1 aliphatic rings. The third-order valence-electron chi connectivity index (χ3n) is 5.35. The number of fused-ring (bicyclic) bond motifs is 1. The molecule has 1 amide bonds. The summed E-state index contributed by atoms with van der Waals surface area (Å²) in [6.45, 7) is 2.57. The maximum Gasteiger partial charge on any atom is 0.412 e. The second kappa shape index (κ2) is 9.20. The molecule has 1 N–H and O–H groups in total. The molecule has 0 radical (unpaired) electrons. The molecule has 6 nitrogen and oxygen atoms in total. The van der Waals surface area contributed by atoms with Crippen LogP contribution in [0.3, 0.4) is 0 Å². The quantitative estimate of drug-likeness (QED) is 0.485. The summed E-state index contributed by atoms with van der Waals surface area (Å²) in [5.41, 5.74) is 0.627. The van der Waals surface area contributed by atoms with Gasteiger partial charge in [-0.2, -0.15) is 0 Å². The van der Waals surface area contributed by atoms with Crippen LogP contribution in [0, 0.1) is 5.82 Å². The number of hydrogen-bond acceptors (Lipinski definition) is 4. The summed E-state index contributed by atoms with van der Waals surface area (Å²) >= 11 is 3.37. The second-order valence-corrected chi connectivity index (χ2v) is 8.22. The average Bonchev–Trinajstić information content (AvgIpc) is 3.26. The minimum atomic E-state index is -0.871. The third kappa shape index (κ3) is 4.36. The van der Waals surface area contributed by atoms with Gasteiger partial charge in [-0.1, -0.05) is 46.3 Å². The van der Waals surface area contributed by atoms with Crippen LogP contribution >= 0.6 is 15.9 Å². The number of benzene rings is 2. The Balaban J connectivity index is 1.64. The fourth-order valence-electron chi connectivity index (χ4n) is 3.89. The lowest BCUT2D eigenvalue weighted by Gasteiger charge is -2.27. The van der Waals surface area contributed by atoms with E-state index in [1.165, 1.54) is 4.90 Å². The van der Waals surface area contributed by atoms with Crippen molar-refractivity contribution in [2.45, 2.75) is 32.1 Å². The normalized spacial score (nSPS) is 17.1. The minimum Gasteiger partial charge on any atom is -0.415 e. The fourth-order valence-corrected chi connectivity index (χ4v) is 4.25. The van der Waals surface area contributed by atoms with Gasteiger partial charge in [0, 0.05) is 28.6 Å². The van der Waals surface area contributed by atoms with Crippen LogP contribution in [0.5, 0.6) is 0 Å².